The third-order valence-corrected chi connectivity index (χ3v) is 4.17. The van der Waals surface area contributed by atoms with Gasteiger partial charge in [-0.3, -0.25) is 9.59 Å². The van der Waals surface area contributed by atoms with Crippen molar-refractivity contribution in [2.45, 2.75) is 70.5 Å². The van der Waals surface area contributed by atoms with Gasteiger partial charge in [0.2, 0.25) is 11.8 Å². The van der Waals surface area contributed by atoms with E-state index in [-0.39, 0.29) is 23.9 Å². The number of hydrogen-bond donors (Lipinski definition) is 2. The van der Waals surface area contributed by atoms with E-state index in [2.05, 4.69) is 10.6 Å². The third kappa shape index (κ3) is 4.47. The van der Waals surface area contributed by atoms with Gasteiger partial charge in [0.05, 0.1) is 6.04 Å². The van der Waals surface area contributed by atoms with E-state index in [9.17, 15) is 9.59 Å². The zero-order valence-electron chi connectivity index (χ0n) is 12.7. The molecular weight excluding hydrogens is 254 g/mol. The van der Waals surface area contributed by atoms with Crippen molar-refractivity contribution in [2.24, 2.45) is 0 Å². The molecule has 5 heteroatoms. The van der Waals surface area contributed by atoms with Gasteiger partial charge in [0.1, 0.15) is 0 Å². The zero-order chi connectivity index (χ0) is 14.5. The van der Waals surface area contributed by atoms with Crippen LogP contribution in [-0.2, 0) is 9.59 Å². The number of rotatable bonds is 7. The normalized spacial score (nSPS) is 24.6. The van der Waals surface area contributed by atoms with Gasteiger partial charge in [-0.25, -0.2) is 0 Å². The standard InChI is InChI=1S/C15H27N3O2/c1-3-11(2)16-14(19)8-10-18-9-4-5-13(15(18)20)17-12-6-7-12/h11-13,17H,3-10H2,1-2H3,(H,16,19). The first-order valence-electron chi connectivity index (χ1n) is 7.94. The smallest absolute Gasteiger partial charge is 0.239 e. The van der Waals surface area contributed by atoms with E-state index in [1.165, 1.54) is 12.8 Å². The van der Waals surface area contributed by atoms with Crippen molar-refractivity contribution >= 4 is 11.8 Å². The summed E-state index contributed by atoms with van der Waals surface area (Å²) >= 11 is 0. The molecule has 0 bridgehead atoms. The maximum Gasteiger partial charge on any atom is 0.239 e. The highest BCUT2D eigenvalue weighted by Crippen LogP contribution is 2.22. The average molecular weight is 281 g/mol. The molecule has 1 saturated heterocycles. The first-order chi connectivity index (χ1) is 9.60. The van der Waals surface area contributed by atoms with Crippen LogP contribution >= 0.6 is 0 Å². The maximum absolute atomic E-state index is 12.3. The Kier molecular flexibility index (Phi) is 5.40. The van der Waals surface area contributed by atoms with Gasteiger partial charge in [0.15, 0.2) is 0 Å². The first kappa shape index (κ1) is 15.3. The highest BCUT2D eigenvalue weighted by molar-refractivity contribution is 5.83. The number of amides is 2. The van der Waals surface area contributed by atoms with E-state index in [0.29, 0.717) is 19.0 Å². The van der Waals surface area contributed by atoms with Crippen molar-refractivity contribution in [2.75, 3.05) is 13.1 Å². The van der Waals surface area contributed by atoms with Crippen molar-refractivity contribution in [3.8, 4) is 0 Å². The second-order valence-electron chi connectivity index (χ2n) is 6.09. The fourth-order valence-electron chi connectivity index (χ4n) is 2.54. The van der Waals surface area contributed by atoms with Gasteiger partial charge in [-0.1, -0.05) is 6.92 Å². The molecule has 1 aliphatic carbocycles. The number of piperidine rings is 1. The highest BCUT2D eigenvalue weighted by Gasteiger charge is 2.33. The molecule has 1 heterocycles. The predicted octanol–water partition coefficient (Wildman–Crippen LogP) is 1.03. The molecule has 0 radical (unpaired) electrons. The van der Waals surface area contributed by atoms with Gasteiger partial charge >= 0.3 is 0 Å². The summed E-state index contributed by atoms with van der Waals surface area (Å²) in [6, 6.07) is 0.746. The third-order valence-electron chi connectivity index (χ3n) is 4.17. The van der Waals surface area contributed by atoms with E-state index < -0.39 is 0 Å². The Hall–Kier alpha value is -1.10. The van der Waals surface area contributed by atoms with Gasteiger partial charge in [-0.2, -0.15) is 0 Å². The largest absolute Gasteiger partial charge is 0.354 e. The molecule has 0 aromatic heterocycles. The van der Waals surface area contributed by atoms with Gasteiger partial charge in [0, 0.05) is 31.6 Å². The van der Waals surface area contributed by atoms with Crippen LogP contribution in [0.1, 0.15) is 52.4 Å². The molecule has 2 atom stereocenters. The Balaban J connectivity index is 1.73. The molecule has 20 heavy (non-hydrogen) atoms. The molecule has 114 valence electrons. The summed E-state index contributed by atoms with van der Waals surface area (Å²) in [5, 5.41) is 6.35. The summed E-state index contributed by atoms with van der Waals surface area (Å²) in [7, 11) is 0. The summed E-state index contributed by atoms with van der Waals surface area (Å²) in [6.45, 7) is 5.38. The zero-order valence-corrected chi connectivity index (χ0v) is 12.7. The number of hydrogen-bond acceptors (Lipinski definition) is 3. The lowest BCUT2D eigenvalue weighted by molar-refractivity contribution is -0.136. The summed E-state index contributed by atoms with van der Waals surface area (Å²) in [6.07, 6.45) is 5.70. The topological polar surface area (TPSA) is 61.4 Å². The monoisotopic (exact) mass is 281 g/mol. The molecule has 0 aromatic carbocycles. The number of nitrogens with zero attached hydrogens (tertiary/aromatic N) is 1. The van der Waals surface area contributed by atoms with Crippen LogP contribution in [0.3, 0.4) is 0 Å². The Morgan fingerprint density at radius 2 is 2.15 bits per heavy atom. The minimum absolute atomic E-state index is 0.0196. The van der Waals surface area contributed by atoms with Crippen LogP contribution in [-0.4, -0.2) is 47.9 Å². The van der Waals surface area contributed by atoms with Gasteiger partial charge in [-0.15, -0.1) is 0 Å². The van der Waals surface area contributed by atoms with E-state index in [1.807, 2.05) is 18.7 Å². The van der Waals surface area contributed by atoms with Crippen molar-refractivity contribution in [3.63, 3.8) is 0 Å². The van der Waals surface area contributed by atoms with Crippen LogP contribution in [0.4, 0.5) is 0 Å². The Bertz CT molecular complexity index is 355. The molecule has 2 aliphatic rings. The minimum atomic E-state index is -0.0196. The molecular formula is C15H27N3O2. The second kappa shape index (κ2) is 7.07. The number of carbonyl (C=O) groups is 2. The number of likely N-dealkylation sites (tertiary alicyclic amines) is 1. The lowest BCUT2D eigenvalue weighted by Gasteiger charge is -2.32. The molecule has 2 unspecified atom stereocenters. The van der Waals surface area contributed by atoms with Gasteiger partial charge < -0.3 is 15.5 Å². The lowest BCUT2D eigenvalue weighted by atomic mass is 10.0. The molecule has 2 fully saturated rings. The van der Waals surface area contributed by atoms with Gasteiger partial charge in [0.25, 0.3) is 0 Å². The summed E-state index contributed by atoms with van der Waals surface area (Å²) < 4.78 is 0. The molecule has 2 rings (SSSR count). The molecule has 2 amide bonds. The predicted molar refractivity (Wildman–Crippen MR) is 78.3 cm³/mol. The van der Waals surface area contributed by atoms with Crippen molar-refractivity contribution < 1.29 is 9.59 Å². The van der Waals surface area contributed by atoms with Crippen LogP contribution in [0.5, 0.6) is 0 Å². The van der Waals surface area contributed by atoms with Crippen LogP contribution < -0.4 is 10.6 Å². The van der Waals surface area contributed by atoms with Crippen LogP contribution in [0.25, 0.3) is 0 Å². The number of carbonyl (C=O) groups excluding carboxylic acids is 2. The van der Waals surface area contributed by atoms with E-state index in [0.717, 1.165) is 25.8 Å². The summed E-state index contributed by atoms with van der Waals surface area (Å²) in [5.41, 5.74) is 0. The van der Waals surface area contributed by atoms with Crippen LogP contribution in [0.15, 0.2) is 0 Å². The second-order valence-corrected chi connectivity index (χ2v) is 6.09. The van der Waals surface area contributed by atoms with Crippen molar-refractivity contribution in [3.05, 3.63) is 0 Å². The molecule has 0 aromatic rings. The highest BCUT2D eigenvalue weighted by atomic mass is 16.2. The fraction of sp³-hybridized carbons (Fsp3) is 0.867. The van der Waals surface area contributed by atoms with E-state index in [1.54, 1.807) is 0 Å². The molecule has 1 saturated carbocycles. The average Bonchev–Trinajstić information content (AvgIpc) is 3.23. The molecule has 1 aliphatic heterocycles. The molecule has 2 N–H and O–H groups in total. The van der Waals surface area contributed by atoms with Gasteiger partial charge in [-0.05, 0) is 39.0 Å². The molecule has 5 nitrogen and oxygen atoms in total. The lowest BCUT2D eigenvalue weighted by Crippen LogP contribution is -2.52. The quantitative estimate of drug-likeness (QED) is 0.733. The number of nitrogens with one attached hydrogen (secondary N) is 2. The SMILES string of the molecule is CCC(C)NC(=O)CCN1CCCC(NC2CC2)C1=O. The Labute approximate surface area is 121 Å². The summed E-state index contributed by atoms with van der Waals surface area (Å²) in [4.78, 5) is 25.9. The fourth-order valence-corrected chi connectivity index (χ4v) is 2.54. The van der Waals surface area contributed by atoms with Crippen molar-refractivity contribution in [1.29, 1.82) is 0 Å². The van der Waals surface area contributed by atoms with Crippen LogP contribution in [0.2, 0.25) is 0 Å². The first-order valence-corrected chi connectivity index (χ1v) is 7.94. The van der Waals surface area contributed by atoms with Crippen molar-refractivity contribution in [1.82, 2.24) is 15.5 Å². The molecule has 0 spiro atoms. The maximum atomic E-state index is 12.3. The van der Waals surface area contributed by atoms with Crippen LogP contribution in [0, 0.1) is 0 Å². The summed E-state index contributed by atoms with van der Waals surface area (Å²) in [5.74, 6) is 0.226. The van der Waals surface area contributed by atoms with E-state index in [4.69, 9.17) is 0 Å². The van der Waals surface area contributed by atoms with E-state index >= 15 is 0 Å². The Morgan fingerprint density at radius 3 is 2.80 bits per heavy atom. The Morgan fingerprint density at radius 1 is 1.40 bits per heavy atom. The minimum Gasteiger partial charge on any atom is -0.354 e.